The van der Waals surface area contributed by atoms with Crippen LogP contribution in [0.4, 0.5) is 0 Å². The Labute approximate surface area is 87.8 Å². The van der Waals surface area contributed by atoms with E-state index in [-0.39, 0.29) is 12.3 Å². The van der Waals surface area contributed by atoms with E-state index < -0.39 is 23.9 Å². The molecule has 3 N–H and O–H groups in total. The minimum Gasteiger partial charge on any atom is -0.481 e. The number of hydrogen-bond donors (Lipinski definition) is 3. The Morgan fingerprint density at radius 1 is 1.47 bits per heavy atom. The zero-order chi connectivity index (χ0) is 11.6. The smallest absolute Gasteiger partial charge is 0.321 e. The van der Waals surface area contributed by atoms with Gasteiger partial charge in [-0.2, -0.15) is 0 Å². The van der Waals surface area contributed by atoms with Gasteiger partial charge in [0.2, 0.25) is 0 Å². The number of carbonyl (C=O) groups is 2. The number of aliphatic carboxylic acids is 2. The van der Waals surface area contributed by atoms with E-state index in [1.54, 1.807) is 6.92 Å². The molecular weight excluding hydrogens is 198 g/mol. The number of hydrogen-bond acceptors (Lipinski definition) is 3. The number of carboxylic acid groups (broad SMARTS) is 2. The summed E-state index contributed by atoms with van der Waals surface area (Å²) in [5, 5.41) is 20.5. The summed E-state index contributed by atoms with van der Waals surface area (Å²) in [6.07, 6.45) is -0.137. The van der Waals surface area contributed by atoms with Crippen molar-refractivity contribution in [3.63, 3.8) is 0 Å². The third-order valence-electron chi connectivity index (χ3n) is 2.81. The van der Waals surface area contributed by atoms with Crippen LogP contribution in [-0.4, -0.2) is 34.7 Å². The lowest BCUT2D eigenvalue weighted by atomic mass is 9.84. The molecule has 0 aromatic rings. The molecule has 0 aromatic carbocycles. The highest BCUT2D eigenvalue weighted by molar-refractivity contribution is 5.76. The molecule has 0 unspecified atom stereocenters. The van der Waals surface area contributed by atoms with Crippen molar-refractivity contribution >= 4 is 11.9 Å². The Kier molecular flexibility index (Phi) is 3.47. The van der Waals surface area contributed by atoms with E-state index >= 15 is 0 Å². The molecule has 1 aliphatic rings. The van der Waals surface area contributed by atoms with Crippen molar-refractivity contribution in [3.05, 3.63) is 12.2 Å². The number of nitrogens with one attached hydrogen (secondary N) is 1. The van der Waals surface area contributed by atoms with E-state index in [0.29, 0.717) is 6.54 Å². The maximum atomic E-state index is 10.9. The molecule has 0 saturated carbocycles. The highest BCUT2D eigenvalue weighted by Gasteiger charge is 2.41. The van der Waals surface area contributed by atoms with Crippen LogP contribution in [-0.2, 0) is 9.59 Å². The second-order valence-corrected chi connectivity index (χ2v) is 3.94. The second-order valence-electron chi connectivity index (χ2n) is 3.94. The normalized spacial score (nSPS) is 30.1. The lowest BCUT2D eigenvalue weighted by molar-refractivity contribution is -0.142. The van der Waals surface area contributed by atoms with Crippen LogP contribution in [0, 0.1) is 11.8 Å². The van der Waals surface area contributed by atoms with Crippen LogP contribution in [0.3, 0.4) is 0 Å². The summed E-state index contributed by atoms with van der Waals surface area (Å²) in [6, 6.07) is -0.775. The summed E-state index contributed by atoms with van der Waals surface area (Å²) < 4.78 is 0. The van der Waals surface area contributed by atoms with Crippen molar-refractivity contribution in [1.82, 2.24) is 5.32 Å². The third-order valence-corrected chi connectivity index (χ3v) is 2.81. The van der Waals surface area contributed by atoms with E-state index in [1.807, 2.05) is 0 Å². The Morgan fingerprint density at radius 3 is 2.47 bits per heavy atom. The highest BCUT2D eigenvalue weighted by Crippen LogP contribution is 2.30. The third kappa shape index (κ3) is 2.56. The first-order chi connectivity index (χ1) is 6.93. The molecule has 0 spiro atoms. The van der Waals surface area contributed by atoms with Gasteiger partial charge in [-0.25, -0.2) is 0 Å². The van der Waals surface area contributed by atoms with Crippen LogP contribution in [0.1, 0.15) is 13.3 Å². The van der Waals surface area contributed by atoms with Crippen LogP contribution in [0.2, 0.25) is 0 Å². The van der Waals surface area contributed by atoms with Gasteiger partial charge in [0.1, 0.15) is 6.04 Å². The highest BCUT2D eigenvalue weighted by atomic mass is 16.4. The standard InChI is InChI=1S/C10H15NO4/c1-5(2)7-4-11-9(10(14)15)6(7)3-8(12)13/h6-7,9,11H,1,3-4H2,2H3,(H,12,13)(H,14,15)/t6-,7+,9+/m0/s1. The van der Waals surface area contributed by atoms with E-state index in [4.69, 9.17) is 10.2 Å². The average molecular weight is 213 g/mol. The van der Waals surface area contributed by atoms with Gasteiger partial charge >= 0.3 is 11.9 Å². The minimum absolute atomic E-state index is 0.0674. The molecule has 84 valence electrons. The van der Waals surface area contributed by atoms with Gasteiger partial charge in [-0.1, -0.05) is 12.2 Å². The Bertz CT molecular complexity index is 278. The predicted octanol–water partition coefficient (Wildman–Crippen LogP) is 0.326. The number of carboxylic acids is 2. The average Bonchev–Trinajstić information content (AvgIpc) is 2.46. The molecule has 0 bridgehead atoms. The van der Waals surface area contributed by atoms with Crippen LogP contribution >= 0.6 is 0 Å². The van der Waals surface area contributed by atoms with E-state index in [0.717, 1.165) is 5.57 Å². The van der Waals surface area contributed by atoms with Crippen molar-refractivity contribution < 1.29 is 19.8 Å². The molecule has 1 heterocycles. The first-order valence-electron chi connectivity index (χ1n) is 4.77. The minimum atomic E-state index is -0.995. The van der Waals surface area contributed by atoms with Gasteiger partial charge in [0.15, 0.2) is 0 Å². The quantitative estimate of drug-likeness (QED) is 0.586. The van der Waals surface area contributed by atoms with Gasteiger partial charge in [-0.05, 0) is 12.8 Å². The van der Waals surface area contributed by atoms with Gasteiger partial charge in [-0.15, -0.1) is 0 Å². The van der Waals surface area contributed by atoms with Gasteiger partial charge in [0.05, 0.1) is 6.42 Å². The van der Waals surface area contributed by atoms with Gasteiger partial charge in [0, 0.05) is 12.5 Å². The largest absolute Gasteiger partial charge is 0.481 e. The van der Waals surface area contributed by atoms with Crippen molar-refractivity contribution in [2.45, 2.75) is 19.4 Å². The zero-order valence-corrected chi connectivity index (χ0v) is 8.56. The summed E-state index contributed by atoms with van der Waals surface area (Å²) in [6.45, 7) is 6.05. The van der Waals surface area contributed by atoms with Crippen molar-refractivity contribution in [2.24, 2.45) is 11.8 Å². The molecule has 5 nitrogen and oxygen atoms in total. The van der Waals surface area contributed by atoms with Gasteiger partial charge < -0.3 is 15.5 Å². The zero-order valence-electron chi connectivity index (χ0n) is 8.56. The fraction of sp³-hybridized carbons (Fsp3) is 0.600. The van der Waals surface area contributed by atoms with Crippen molar-refractivity contribution in [2.75, 3.05) is 6.54 Å². The maximum Gasteiger partial charge on any atom is 0.321 e. The molecule has 1 rings (SSSR count). The number of rotatable bonds is 4. The molecule has 1 saturated heterocycles. The SMILES string of the molecule is C=C(C)[C@H]1CN[C@@H](C(=O)O)[C@H]1CC(=O)O. The van der Waals surface area contributed by atoms with Gasteiger partial charge in [0.25, 0.3) is 0 Å². The maximum absolute atomic E-state index is 10.9. The first kappa shape index (κ1) is 11.7. The van der Waals surface area contributed by atoms with Crippen molar-refractivity contribution in [1.29, 1.82) is 0 Å². The summed E-state index contributed by atoms with van der Waals surface area (Å²) in [5.41, 5.74) is 0.831. The van der Waals surface area contributed by atoms with Crippen LogP contribution in [0.25, 0.3) is 0 Å². The first-order valence-corrected chi connectivity index (χ1v) is 4.77. The molecule has 0 radical (unpaired) electrons. The van der Waals surface area contributed by atoms with Crippen LogP contribution in [0.5, 0.6) is 0 Å². The summed E-state index contributed by atoms with van der Waals surface area (Å²) in [7, 11) is 0. The van der Waals surface area contributed by atoms with Gasteiger partial charge in [-0.3, -0.25) is 9.59 Å². The molecule has 0 aliphatic carbocycles. The summed E-state index contributed by atoms with van der Waals surface area (Å²) in [5.74, 6) is -2.44. The molecular formula is C10H15NO4. The molecule has 3 atom stereocenters. The van der Waals surface area contributed by atoms with E-state index in [2.05, 4.69) is 11.9 Å². The Hall–Kier alpha value is -1.36. The summed E-state index contributed by atoms with van der Waals surface area (Å²) >= 11 is 0. The van der Waals surface area contributed by atoms with Crippen molar-refractivity contribution in [3.8, 4) is 0 Å². The topological polar surface area (TPSA) is 86.6 Å². The molecule has 0 aromatic heterocycles. The molecule has 5 heteroatoms. The molecule has 1 fully saturated rings. The monoisotopic (exact) mass is 213 g/mol. The second kappa shape index (κ2) is 4.44. The van der Waals surface area contributed by atoms with Crippen LogP contribution in [0.15, 0.2) is 12.2 Å². The molecule has 1 aliphatic heterocycles. The summed E-state index contributed by atoms with van der Waals surface area (Å²) in [4.78, 5) is 21.5. The molecule has 15 heavy (non-hydrogen) atoms. The Balaban J connectivity index is 2.82. The fourth-order valence-corrected chi connectivity index (χ4v) is 2.06. The van der Waals surface area contributed by atoms with Crippen LogP contribution < -0.4 is 5.32 Å². The fourth-order valence-electron chi connectivity index (χ4n) is 2.06. The lowest BCUT2D eigenvalue weighted by Crippen LogP contribution is -2.36. The molecule has 0 amide bonds. The van der Waals surface area contributed by atoms with E-state index in [9.17, 15) is 9.59 Å². The Morgan fingerprint density at radius 2 is 2.07 bits per heavy atom. The van der Waals surface area contributed by atoms with E-state index in [1.165, 1.54) is 0 Å². The predicted molar refractivity (Wildman–Crippen MR) is 53.5 cm³/mol. The lowest BCUT2D eigenvalue weighted by Gasteiger charge is -2.19.